The summed E-state index contributed by atoms with van der Waals surface area (Å²) in [6, 6.07) is 19.9. The van der Waals surface area contributed by atoms with Crippen molar-refractivity contribution in [2.45, 2.75) is 37.1 Å². The van der Waals surface area contributed by atoms with Crippen LogP contribution in [0.4, 0.5) is 17.1 Å². The SMILES string of the molecule is Cc1ccc(NS(=O)(=O)c2ccc3c(c2)C2C=CCC2C(c2ccc(N(C)C)cc2)N3)cc1C. The van der Waals surface area contributed by atoms with Gasteiger partial charge >= 0.3 is 0 Å². The molecule has 1 aliphatic heterocycles. The first-order chi connectivity index (χ1) is 16.2. The van der Waals surface area contributed by atoms with Gasteiger partial charge in [-0.25, -0.2) is 8.42 Å². The summed E-state index contributed by atoms with van der Waals surface area (Å²) >= 11 is 0. The summed E-state index contributed by atoms with van der Waals surface area (Å²) in [5.74, 6) is 0.537. The van der Waals surface area contributed by atoms with E-state index in [9.17, 15) is 8.42 Å². The normalized spacial score (nSPS) is 20.9. The maximum absolute atomic E-state index is 13.2. The highest BCUT2D eigenvalue weighted by atomic mass is 32.2. The molecule has 0 saturated heterocycles. The fraction of sp³-hybridized carbons (Fsp3) is 0.286. The van der Waals surface area contributed by atoms with E-state index in [0.717, 1.165) is 28.8 Å². The van der Waals surface area contributed by atoms with Gasteiger partial charge in [0.25, 0.3) is 10.0 Å². The molecule has 5 nitrogen and oxygen atoms in total. The van der Waals surface area contributed by atoms with Crippen LogP contribution in [0.25, 0.3) is 0 Å². The molecule has 1 aliphatic carbocycles. The molecule has 3 aromatic carbocycles. The van der Waals surface area contributed by atoms with E-state index in [-0.39, 0.29) is 12.0 Å². The van der Waals surface area contributed by atoms with Gasteiger partial charge in [-0.2, -0.15) is 0 Å². The smallest absolute Gasteiger partial charge is 0.261 e. The van der Waals surface area contributed by atoms with E-state index in [1.165, 1.54) is 11.3 Å². The molecule has 0 saturated carbocycles. The van der Waals surface area contributed by atoms with Crippen LogP contribution in [0, 0.1) is 19.8 Å². The van der Waals surface area contributed by atoms with Crippen molar-refractivity contribution in [3.63, 3.8) is 0 Å². The first kappa shape index (κ1) is 22.5. The molecule has 3 atom stereocenters. The standard InChI is InChI=1S/C28H31N3O2S/c1-18-8-11-21(16-19(18)2)30-34(32,33)23-14-15-27-26(17-23)24-6-5-7-25(24)28(29-27)20-9-12-22(13-10-20)31(3)4/h5-6,8-17,24-25,28-30H,7H2,1-4H3. The monoisotopic (exact) mass is 473 g/mol. The Labute approximate surface area is 202 Å². The summed E-state index contributed by atoms with van der Waals surface area (Å²) in [6.07, 6.45) is 5.43. The molecule has 0 fully saturated rings. The number of allylic oxidation sites excluding steroid dienone is 2. The average molecular weight is 474 g/mol. The van der Waals surface area contributed by atoms with E-state index in [4.69, 9.17) is 0 Å². The number of sulfonamides is 1. The Morgan fingerprint density at radius 2 is 1.71 bits per heavy atom. The van der Waals surface area contributed by atoms with Gasteiger partial charge in [0, 0.05) is 37.1 Å². The van der Waals surface area contributed by atoms with Crippen LogP contribution in [-0.2, 0) is 10.0 Å². The first-order valence-corrected chi connectivity index (χ1v) is 13.2. The van der Waals surface area contributed by atoms with Gasteiger partial charge in [-0.3, -0.25) is 4.72 Å². The summed E-state index contributed by atoms with van der Waals surface area (Å²) in [5.41, 5.74) is 7.24. The number of nitrogens with zero attached hydrogens (tertiary/aromatic N) is 1. The Hall–Kier alpha value is -3.25. The summed E-state index contributed by atoms with van der Waals surface area (Å²) in [7, 11) is 0.396. The van der Waals surface area contributed by atoms with Gasteiger partial charge in [-0.05, 0) is 90.9 Å². The molecular formula is C28H31N3O2S. The summed E-state index contributed by atoms with van der Waals surface area (Å²) < 4.78 is 29.1. The van der Waals surface area contributed by atoms with Gasteiger partial charge in [-0.1, -0.05) is 30.4 Å². The zero-order chi connectivity index (χ0) is 24.0. The third kappa shape index (κ3) is 4.07. The Bertz CT molecular complexity index is 1360. The number of benzene rings is 3. The van der Waals surface area contributed by atoms with Gasteiger partial charge in [0.15, 0.2) is 0 Å². The highest BCUT2D eigenvalue weighted by Crippen LogP contribution is 2.50. The number of aryl methyl sites for hydroxylation is 2. The molecule has 176 valence electrons. The van der Waals surface area contributed by atoms with Gasteiger partial charge in [-0.15, -0.1) is 0 Å². The minimum atomic E-state index is -3.69. The van der Waals surface area contributed by atoms with Crippen molar-refractivity contribution in [3.05, 3.63) is 95.1 Å². The Morgan fingerprint density at radius 1 is 0.941 bits per heavy atom. The molecule has 6 heteroatoms. The van der Waals surface area contributed by atoms with E-state index in [1.54, 1.807) is 6.07 Å². The van der Waals surface area contributed by atoms with Crippen LogP contribution in [0.15, 0.2) is 77.7 Å². The Kier molecular flexibility index (Phi) is 5.64. The number of hydrogen-bond acceptors (Lipinski definition) is 4. The van der Waals surface area contributed by atoms with Crippen molar-refractivity contribution in [2.24, 2.45) is 5.92 Å². The molecule has 3 unspecified atom stereocenters. The van der Waals surface area contributed by atoms with Crippen molar-refractivity contribution < 1.29 is 8.42 Å². The minimum Gasteiger partial charge on any atom is -0.378 e. The van der Waals surface area contributed by atoms with Crippen LogP contribution in [0.3, 0.4) is 0 Å². The maximum atomic E-state index is 13.2. The predicted molar refractivity (Wildman–Crippen MR) is 140 cm³/mol. The fourth-order valence-corrected chi connectivity index (χ4v) is 6.15. The molecule has 2 N–H and O–H groups in total. The van der Waals surface area contributed by atoms with E-state index in [1.807, 2.05) is 58.3 Å². The van der Waals surface area contributed by atoms with E-state index in [2.05, 4.69) is 51.4 Å². The van der Waals surface area contributed by atoms with Crippen LogP contribution in [0.1, 0.15) is 40.6 Å². The molecule has 5 rings (SSSR count). The molecule has 0 bridgehead atoms. The number of anilines is 3. The number of nitrogens with one attached hydrogen (secondary N) is 2. The molecule has 0 spiro atoms. The lowest BCUT2D eigenvalue weighted by Crippen LogP contribution is -2.29. The first-order valence-electron chi connectivity index (χ1n) is 11.7. The lowest BCUT2D eigenvalue weighted by atomic mass is 9.77. The summed E-state index contributed by atoms with van der Waals surface area (Å²) in [5, 5.41) is 3.71. The maximum Gasteiger partial charge on any atom is 0.261 e. The van der Waals surface area contributed by atoms with Crippen LogP contribution >= 0.6 is 0 Å². The number of hydrogen-bond donors (Lipinski definition) is 2. The van der Waals surface area contributed by atoms with Crippen LogP contribution < -0.4 is 14.9 Å². The van der Waals surface area contributed by atoms with Gasteiger partial charge in [0.05, 0.1) is 10.9 Å². The topological polar surface area (TPSA) is 61.4 Å². The highest BCUT2D eigenvalue weighted by Gasteiger charge is 2.38. The van der Waals surface area contributed by atoms with Crippen molar-refractivity contribution in [1.82, 2.24) is 0 Å². The third-order valence-corrected chi connectivity index (χ3v) is 8.55. The van der Waals surface area contributed by atoms with Crippen LogP contribution in [0.5, 0.6) is 0 Å². The molecule has 2 aliphatic rings. The number of rotatable bonds is 5. The Morgan fingerprint density at radius 3 is 2.41 bits per heavy atom. The number of fused-ring (bicyclic) bond motifs is 3. The highest BCUT2D eigenvalue weighted by molar-refractivity contribution is 7.92. The Balaban J connectivity index is 1.45. The zero-order valence-corrected chi connectivity index (χ0v) is 20.9. The molecule has 0 amide bonds. The van der Waals surface area contributed by atoms with E-state index < -0.39 is 10.0 Å². The van der Waals surface area contributed by atoms with Crippen molar-refractivity contribution >= 4 is 27.1 Å². The van der Waals surface area contributed by atoms with Gasteiger partial charge in [0.2, 0.25) is 0 Å². The zero-order valence-electron chi connectivity index (χ0n) is 20.0. The summed E-state index contributed by atoms with van der Waals surface area (Å²) in [4.78, 5) is 2.39. The van der Waals surface area contributed by atoms with Crippen molar-refractivity contribution in [2.75, 3.05) is 29.0 Å². The van der Waals surface area contributed by atoms with Crippen molar-refractivity contribution in [1.29, 1.82) is 0 Å². The largest absolute Gasteiger partial charge is 0.378 e. The second-order valence-corrected chi connectivity index (χ2v) is 11.3. The molecule has 3 aromatic rings. The minimum absolute atomic E-state index is 0.180. The predicted octanol–water partition coefficient (Wildman–Crippen LogP) is 6.00. The van der Waals surface area contributed by atoms with Gasteiger partial charge < -0.3 is 10.2 Å². The lowest BCUT2D eigenvalue weighted by Gasteiger charge is -2.38. The van der Waals surface area contributed by atoms with E-state index in [0.29, 0.717) is 16.5 Å². The molecule has 1 heterocycles. The van der Waals surface area contributed by atoms with Gasteiger partial charge in [0.1, 0.15) is 0 Å². The average Bonchev–Trinajstić information content (AvgIpc) is 3.31. The second kappa shape index (κ2) is 8.51. The summed E-state index contributed by atoms with van der Waals surface area (Å²) in [6.45, 7) is 3.99. The molecule has 34 heavy (non-hydrogen) atoms. The third-order valence-electron chi connectivity index (χ3n) is 7.17. The fourth-order valence-electron chi connectivity index (χ4n) is 5.07. The molecule has 0 aromatic heterocycles. The quantitative estimate of drug-likeness (QED) is 0.447. The lowest BCUT2D eigenvalue weighted by molar-refractivity contribution is 0.425. The van der Waals surface area contributed by atoms with Crippen molar-refractivity contribution in [3.8, 4) is 0 Å². The van der Waals surface area contributed by atoms with Crippen LogP contribution in [-0.4, -0.2) is 22.5 Å². The molecular weight excluding hydrogens is 442 g/mol. The molecule has 0 radical (unpaired) electrons. The van der Waals surface area contributed by atoms with E-state index >= 15 is 0 Å². The second-order valence-electron chi connectivity index (χ2n) is 9.62. The van der Waals surface area contributed by atoms with Crippen LogP contribution in [0.2, 0.25) is 0 Å².